The summed E-state index contributed by atoms with van der Waals surface area (Å²) in [4.78, 5) is 13.0. The lowest BCUT2D eigenvalue weighted by molar-refractivity contribution is -0.138. The van der Waals surface area contributed by atoms with E-state index < -0.39 is 17.7 Å². The van der Waals surface area contributed by atoms with Gasteiger partial charge in [0.25, 0.3) is 0 Å². The molecule has 4 rings (SSSR count). The Hall–Kier alpha value is -3.32. The van der Waals surface area contributed by atoms with Gasteiger partial charge in [-0.3, -0.25) is 4.79 Å². The van der Waals surface area contributed by atoms with E-state index >= 15 is 0 Å². The van der Waals surface area contributed by atoms with Gasteiger partial charge >= 0.3 is 12.1 Å². The van der Waals surface area contributed by atoms with Crippen LogP contribution in [0, 0.1) is 0 Å². The third-order valence-corrected chi connectivity index (χ3v) is 7.04. The highest BCUT2D eigenvalue weighted by Gasteiger charge is 2.34. The van der Waals surface area contributed by atoms with Crippen molar-refractivity contribution in [3.63, 3.8) is 0 Å². The fraction of sp³-hybridized carbons (Fsp3) is 0.367. The van der Waals surface area contributed by atoms with Crippen LogP contribution in [0.4, 0.5) is 13.2 Å². The van der Waals surface area contributed by atoms with Gasteiger partial charge in [0.2, 0.25) is 0 Å². The van der Waals surface area contributed by atoms with E-state index in [1.54, 1.807) is 36.4 Å². The normalized spacial score (nSPS) is 15.0. The molecule has 0 bridgehead atoms. The number of hydrogen-bond donors (Lipinski definition) is 1. The van der Waals surface area contributed by atoms with Crippen LogP contribution in [0.1, 0.15) is 54.4 Å². The molecule has 0 radical (unpaired) electrons. The number of likely N-dealkylation sites (tertiary alicyclic amines) is 1. The van der Waals surface area contributed by atoms with Crippen LogP contribution in [0.15, 0.2) is 66.7 Å². The number of aliphatic carboxylic acids is 1. The molecule has 196 valence electrons. The Morgan fingerprint density at radius 3 is 2.41 bits per heavy atom. The zero-order chi connectivity index (χ0) is 26.4. The maximum atomic E-state index is 13.8. The van der Waals surface area contributed by atoms with Crippen molar-refractivity contribution >= 4 is 5.97 Å². The number of hydrogen-bond acceptors (Lipinski definition) is 3. The summed E-state index contributed by atoms with van der Waals surface area (Å²) in [5.41, 5.74) is 3.37. The Kier molecular flexibility index (Phi) is 8.54. The maximum absolute atomic E-state index is 13.8. The highest BCUT2D eigenvalue weighted by Crippen LogP contribution is 2.39. The number of benzene rings is 3. The van der Waals surface area contributed by atoms with Crippen molar-refractivity contribution in [1.29, 1.82) is 0 Å². The summed E-state index contributed by atoms with van der Waals surface area (Å²) < 4.78 is 47.3. The first-order valence-corrected chi connectivity index (χ1v) is 12.7. The van der Waals surface area contributed by atoms with E-state index in [1.165, 1.54) is 17.2 Å². The molecule has 37 heavy (non-hydrogen) atoms. The average Bonchev–Trinajstić information content (AvgIpc) is 2.90. The van der Waals surface area contributed by atoms with Crippen LogP contribution in [-0.2, 0) is 24.0 Å². The van der Waals surface area contributed by atoms with Crippen molar-refractivity contribution in [3.8, 4) is 16.9 Å². The number of nitrogens with zero attached hydrogens (tertiary/aromatic N) is 1. The summed E-state index contributed by atoms with van der Waals surface area (Å²) in [6.45, 7) is 4.63. The van der Waals surface area contributed by atoms with E-state index in [2.05, 4.69) is 24.0 Å². The predicted octanol–water partition coefficient (Wildman–Crippen LogP) is 7.17. The number of ether oxygens (including phenoxy) is 1. The second-order valence-corrected chi connectivity index (χ2v) is 9.51. The number of alkyl halides is 3. The molecule has 1 saturated heterocycles. The number of carboxylic acid groups (broad SMARTS) is 1. The highest BCUT2D eigenvalue weighted by atomic mass is 19.4. The minimum atomic E-state index is -4.50. The largest absolute Gasteiger partial charge is 0.489 e. The Morgan fingerprint density at radius 1 is 1.03 bits per heavy atom. The fourth-order valence-corrected chi connectivity index (χ4v) is 5.06. The van der Waals surface area contributed by atoms with Gasteiger partial charge in [0.1, 0.15) is 12.4 Å². The number of aryl methyl sites for hydroxylation is 1. The molecular weight excluding hydrogens is 479 g/mol. The predicted molar refractivity (Wildman–Crippen MR) is 138 cm³/mol. The summed E-state index contributed by atoms with van der Waals surface area (Å²) in [7, 11) is 0. The molecule has 1 heterocycles. The zero-order valence-corrected chi connectivity index (χ0v) is 20.9. The van der Waals surface area contributed by atoms with Gasteiger partial charge in [0.05, 0.1) is 12.0 Å². The third kappa shape index (κ3) is 6.92. The lowest BCUT2D eigenvalue weighted by Crippen LogP contribution is -2.34. The minimum absolute atomic E-state index is 0.132. The molecule has 0 unspecified atom stereocenters. The molecule has 1 N–H and O–H groups in total. The summed E-state index contributed by atoms with van der Waals surface area (Å²) in [6, 6.07) is 18.9. The Balaban J connectivity index is 1.44. The van der Waals surface area contributed by atoms with Gasteiger partial charge in [-0.05, 0) is 78.2 Å². The van der Waals surface area contributed by atoms with Crippen molar-refractivity contribution in [2.24, 2.45) is 0 Å². The first-order valence-electron chi connectivity index (χ1n) is 12.7. The minimum Gasteiger partial charge on any atom is -0.489 e. The van der Waals surface area contributed by atoms with Crippen molar-refractivity contribution in [3.05, 3.63) is 89.0 Å². The molecule has 4 nitrogen and oxygen atoms in total. The van der Waals surface area contributed by atoms with Gasteiger partial charge in [0.15, 0.2) is 0 Å². The number of halogens is 3. The van der Waals surface area contributed by atoms with E-state index in [4.69, 9.17) is 9.84 Å². The Bertz CT molecular complexity index is 1200. The fourth-order valence-electron chi connectivity index (χ4n) is 5.06. The smallest absolute Gasteiger partial charge is 0.417 e. The van der Waals surface area contributed by atoms with Gasteiger partial charge in [0, 0.05) is 6.54 Å². The summed E-state index contributed by atoms with van der Waals surface area (Å²) in [5.74, 6) is -0.163. The molecule has 7 heteroatoms. The summed E-state index contributed by atoms with van der Waals surface area (Å²) in [6.07, 6.45) is -1.51. The molecule has 0 atom stereocenters. The van der Waals surface area contributed by atoms with Crippen LogP contribution in [0.3, 0.4) is 0 Å². The second kappa shape index (κ2) is 11.8. The molecular formula is C30H32F3NO3. The molecule has 1 aliphatic rings. The first kappa shape index (κ1) is 26.7. The molecule has 0 saturated carbocycles. The van der Waals surface area contributed by atoms with Gasteiger partial charge in [-0.1, -0.05) is 61.5 Å². The standard InChI is InChI=1S/C30H32F3NO3/c1-2-22-18-21(8-10-26(22)24-12-15-34(16-13-24)17-14-29(35)36)20-37-25-9-11-27(23-6-4-3-5-7-23)28(19-25)30(31,32)33/h3-11,18-19,24H,2,12-17,20H2,1H3,(H,35,36). The SMILES string of the molecule is CCc1cc(COc2ccc(-c3ccccc3)c(C(F)(F)F)c2)ccc1C1CCN(CCC(=O)O)CC1. The van der Waals surface area contributed by atoms with Crippen LogP contribution in [0.2, 0.25) is 0 Å². The number of carboxylic acids is 1. The van der Waals surface area contributed by atoms with E-state index in [1.807, 2.05) is 6.07 Å². The zero-order valence-electron chi connectivity index (χ0n) is 20.9. The number of carbonyl (C=O) groups is 1. The molecule has 3 aromatic rings. The van der Waals surface area contributed by atoms with Crippen LogP contribution < -0.4 is 4.74 Å². The number of rotatable bonds is 9. The molecule has 0 aromatic heterocycles. The van der Waals surface area contributed by atoms with Gasteiger partial charge in [-0.2, -0.15) is 13.2 Å². The maximum Gasteiger partial charge on any atom is 0.417 e. The van der Waals surface area contributed by atoms with Crippen molar-refractivity contribution in [2.75, 3.05) is 19.6 Å². The van der Waals surface area contributed by atoms with Gasteiger partial charge in [-0.25, -0.2) is 0 Å². The Morgan fingerprint density at radius 2 is 1.76 bits per heavy atom. The van der Waals surface area contributed by atoms with E-state index in [-0.39, 0.29) is 24.3 Å². The van der Waals surface area contributed by atoms with Crippen LogP contribution in [0.5, 0.6) is 5.75 Å². The monoisotopic (exact) mass is 511 g/mol. The summed E-state index contributed by atoms with van der Waals surface area (Å²) >= 11 is 0. The highest BCUT2D eigenvalue weighted by molar-refractivity contribution is 5.69. The molecule has 3 aromatic carbocycles. The molecule has 0 amide bonds. The van der Waals surface area contributed by atoms with Gasteiger partial charge < -0.3 is 14.7 Å². The van der Waals surface area contributed by atoms with E-state index in [0.29, 0.717) is 18.0 Å². The molecule has 1 fully saturated rings. The van der Waals surface area contributed by atoms with Crippen molar-refractivity contribution in [2.45, 2.75) is 51.3 Å². The lowest BCUT2D eigenvalue weighted by Gasteiger charge is -2.32. The van der Waals surface area contributed by atoms with E-state index in [0.717, 1.165) is 44.0 Å². The first-order chi connectivity index (χ1) is 17.7. The average molecular weight is 512 g/mol. The summed E-state index contributed by atoms with van der Waals surface area (Å²) in [5, 5.41) is 8.91. The van der Waals surface area contributed by atoms with Crippen molar-refractivity contribution in [1.82, 2.24) is 4.90 Å². The van der Waals surface area contributed by atoms with Crippen molar-refractivity contribution < 1.29 is 27.8 Å². The number of piperidine rings is 1. The third-order valence-electron chi connectivity index (χ3n) is 7.04. The van der Waals surface area contributed by atoms with Gasteiger partial charge in [-0.15, -0.1) is 0 Å². The molecule has 0 aliphatic carbocycles. The second-order valence-electron chi connectivity index (χ2n) is 9.51. The van der Waals surface area contributed by atoms with Crippen LogP contribution in [0.25, 0.3) is 11.1 Å². The van der Waals surface area contributed by atoms with E-state index in [9.17, 15) is 18.0 Å². The lowest BCUT2D eigenvalue weighted by atomic mass is 9.85. The van der Waals surface area contributed by atoms with Crippen LogP contribution in [-0.4, -0.2) is 35.6 Å². The Labute approximate surface area is 215 Å². The molecule has 1 aliphatic heterocycles. The van der Waals surface area contributed by atoms with Crippen LogP contribution >= 0.6 is 0 Å². The molecule has 0 spiro atoms. The topological polar surface area (TPSA) is 49.8 Å². The quantitative estimate of drug-likeness (QED) is 0.331.